The SMILES string of the molecule is COc1c(-c2ccccc2)cc2ccccc2c1C=O. The molecule has 0 bridgehead atoms. The fraction of sp³-hybridized carbons (Fsp3) is 0.0556. The third-order valence-corrected chi connectivity index (χ3v) is 3.45. The van der Waals surface area contributed by atoms with E-state index in [4.69, 9.17) is 4.74 Å². The van der Waals surface area contributed by atoms with Crippen molar-refractivity contribution in [2.24, 2.45) is 0 Å². The zero-order chi connectivity index (χ0) is 13.9. The van der Waals surface area contributed by atoms with Crippen LogP contribution in [-0.4, -0.2) is 13.4 Å². The van der Waals surface area contributed by atoms with Crippen molar-refractivity contribution in [3.8, 4) is 16.9 Å². The predicted molar refractivity (Wildman–Crippen MR) is 81.3 cm³/mol. The number of methoxy groups -OCH3 is 1. The molecule has 0 unspecified atom stereocenters. The Morgan fingerprint density at radius 2 is 1.65 bits per heavy atom. The summed E-state index contributed by atoms with van der Waals surface area (Å²) in [5, 5.41) is 1.95. The highest BCUT2D eigenvalue weighted by molar-refractivity contribution is 6.04. The van der Waals surface area contributed by atoms with E-state index in [1.54, 1.807) is 7.11 Å². The molecular weight excluding hydrogens is 248 g/mol. The normalized spacial score (nSPS) is 10.4. The van der Waals surface area contributed by atoms with E-state index in [1.807, 2.05) is 54.6 Å². The molecule has 3 aromatic carbocycles. The van der Waals surface area contributed by atoms with Gasteiger partial charge in [0.2, 0.25) is 0 Å². The van der Waals surface area contributed by atoms with Crippen molar-refractivity contribution in [1.29, 1.82) is 0 Å². The van der Waals surface area contributed by atoms with Crippen LogP contribution in [0.4, 0.5) is 0 Å². The lowest BCUT2D eigenvalue weighted by Crippen LogP contribution is -1.95. The highest BCUT2D eigenvalue weighted by Gasteiger charge is 2.14. The Hall–Kier alpha value is -2.61. The zero-order valence-electron chi connectivity index (χ0n) is 11.2. The quantitative estimate of drug-likeness (QED) is 0.657. The minimum atomic E-state index is 0.601. The molecule has 0 aromatic heterocycles. The standard InChI is InChI=1S/C18H14O2/c1-20-18-16(13-7-3-2-4-8-13)11-14-9-5-6-10-15(14)17(18)12-19/h2-12H,1H3. The minimum absolute atomic E-state index is 0.601. The summed E-state index contributed by atoms with van der Waals surface area (Å²) in [4.78, 5) is 11.5. The number of benzene rings is 3. The summed E-state index contributed by atoms with van der Waals surface area (Å²) in [7, 11) is 1.60. The van der Waals surface area contributed by atoms with Gasteiger partial charge in [0.15, 0.2) is 6.29 Å². The van der Waals surface area contributed by atoms with Gasteiger partial charge in [0.05, 0.1) is 12.7 Å². The first-order valence-electron chi connectivity index (χ1n) is 6.45. The van der Waals surface area contributed by atoms with Crippen molar-refractivity contribution < 1.29 is 9.53 Å². The molecular formula is C18H14O2. The Kier molecular flexibility index (Phi) is 3.21. The van der Waals surface area contributed by atoms with E-state index in [-0.39, 0.29) is 0 Å². The van der Waals surface area contributed by atoms with Crippen molar-refractivity contribution in [2.45, 2.75) is 0 Å². The van der Waals surface area contributed by atoms with Crippen LogP contribution < -0.4 is 4.74 Å². The summed E-state index contributed by atoms with van der Waals surface area (Å²) in [5.41, 5.74) is 2.58. The molecule has 0 spiro atoms. The maximum atomic E-state index is 11.5. The molecule has 0 heterocycles. The molecule has 0 aliphatic rings. The molecule has 0 aliphatic carbocycles. The fourth-order valence-corrected chi connectivity index (χ4v) is 2.53. The topological polar surface area (TPSA) is 26.3 Å². The molecule has 98 valence electrons. The molecule has 2 nitrogen and oxygen atoms in total. The van der Waals surface area contributed by atoms with Crippen molar-refractivity contribution in [1.82, 2.24) is 0 Å². The second-order valence-electron chi connectivity index (χ2n) is 4.58. The number of hydrogen-bond acceptors (Lipinski definition) is 2. The summed E-state index contributed by atoms with van der Waals surface area (Å²) in [5.74, 6) is 0.630. The number of carbonyl (C=O) groups excluding carboxylic acids is 1. The molecule has 0 saturated carbocycles. The van der Waals surface area contributed by atoms with Gasteiger partial charge in [-0.25, -0.2) is 0 Å². The largest absolute Gasteiger partial charge is 0.495 e. The van der Waals surface area contributed by atoms with Gasteiger partial charge in [-0.05, 0) is 22.4 Å². The van der Waals surface area contributed by atoms with E-state index in [0.29, 0.717) is 11.3 Å². The summed E-state index contributed by atoms with van der Waals surface area (Å²) < 4.78 is 5.50. The first-order chi connectivity index (χ1) is 9.85. The molecule has 0 amide bonds. The molecule has 0 saturated heterocycles. The van der Waals surface area contributed by atoms with E-state index in [2.05, 4.69) is 6.07 Å². The van der Waals surface area contributed by atoms with Crippen LogP contribution in [0.1, 0.15) is 10.4 Å². The molecule has 3 rings (SSSR count). The number of aldehydes is 1. The smallest absolute Gasteiger partial charge is 0.154 e. The van der Waals surface area contributed by atoms with Crippen LogP contribution in [0.25, 0.3) is 21.9 Å². The number of ether oxygens (including phenoxy) is 1. The van der Waals surface area contributed by atoms with Crippen LogP contribution in [0.3, 0.4) is 0 Å². The third-order valence-electron chi connectivity index (χ3n) is 3.45. The Balaban J connectivity index is 2.40. The Bertz CT molecular complexity index is 761. The third kappa shape index (κ3) is 1.95. The lowest BCUT2D eigenvalue weighted by atomic mass is 9.96. The molecule has 0 N–H and O–H groups in total. The lowest BCUT2D eigenvalue weighted by molar-refractivity contribution is 0.112. The number of fused-ring (bicyclic) bond motifs is 1. The van der Waals surface area contributed by atoms with E-state index >= 15 is 0 Å². The highest BCUT2D eigenvalue weighted by Crippen LogP contribution is 2.37. The van der Waals surface area contributed by atoms with Gasteiger partial charge in [0, 0.05) is 5.56 Å². The van der Waals surface area contributed by atoms with E-state index in [0.717, 1.165) is 28.2 Å². The van der Waals surface area contributed by atoms with Crippen molar-refractivity contribution >= 4 is 17.1 Å². The lowest BCUT2D eigenvalue weighted by Gasteiger charge is -2.14. The maximum absolute atomic E-state index is 11.5. The van der Waals surface area contributed by atoms with Gasteiger partial charge in [-0.1, -0.05) is 54.6 Å². The number of carbonyl (C=O) groups is 1. The van der Waals surface area contributed by atoms with Crippen molar-refractivity contribution in [2.75, 3.05) is 7.11 Å². The van der Waals surface area contributed by atoms with Gasteiger partial charge < -0.3 is 4.74 Å². The first-order valence-corrected chi connectivity index (χ1v) is 6.45. The number of hydrogen-bond donors (Lipinski definition) is 0. The van der Waals surface area contributed by atoms with Crippen molar-refractivity contribution in [3.63, 3.8) is 0 Å². The molecule has 2 heteroatoms. The predicted octanol–water partition coefficient (Wildman–Crippen LogP) is 4.33. The van der Waals surface area contributed by atoms with Crippen LogP contribution in [-0.2, 0) is 0 Å². The Labute approximate surface area is 117 Å². The Morgan fingerprint density at radius 1 is 0.950 bits per heavy atom. The summed E-state index contributed by atoms with van der Waals surface area (Å²) >= 11 is 0. The molecule has 0 radical (unpaired) electrons. The Morgan fingerprint density at radius 3 is 2.35 bits per heavy atom. The van der Waals surface area contributed by atoms with E-state index < -0.39 is 0 Å². The average molecular weight is 262 g/mol. The zero-order valence-corrected chi connectivity index (χ0v) is 11.2. The van der Waals surface area contributed by atoms with Gasteiger partial charge >= 0.3 is 0 Å². The maximum Gasteiger partial charge on any atom is 0.154 e. The van der Waals surface area contributed by atoms with Gasteiger partial charge in [-0.2, -0.15) is 0 Å². The van der Waals surface area contributed by atoms with Crippen LogP contribution in [0.2, 0.25) is 0 Å². The highest BCUT2D eigenvalue weighted by atomic mass is 16.5. The second-order valence-corrected chi connectivity index (χ2v) is 4.58. The second kappa shape index (κ2) is 5.17. The van der Waals surface area contributed by atoms with Crippen LogP contribution in [0.5, 0.6) is 5.75 Å². The molecule has 0 aliphatic heterocycles. The summed E-state index contributed by atoms with van der Waals surface area (Å²) in [6, 6.07) is 19.9. The van der Waals surface area contributed by atoms with Crippen LogP contribution in [0.15, 0.2) is 60.7 Å². The van der Waals surface area contributed by atoms with Gasteiger partial charge in [-0.15, -0.1) is 0 Å². The van der Waals surface area contributed by atoms with Crippen molar-refractivity contribution in [3.05, 3.63) is 66.2 Å². The van der Waals surface area contributed by atoms with E-state index in [9.17, 15) is 4.79 Å². The average Bonchev–Trinajstić information content (AvgIpc) is 2.53. The van der Waals surface area contributed by atoms with Gasteiger partial charge in [-0.3, -0.25) is 4.79 Å². The van der Waals surface area contributed by atoms with Crippen LogP contribution >= 0.6 is 0 Å². The summed E-state index contributed by atoms with van der Waals surface area (Å²) in [6.45, 7) is 0. The fourth-order valence-electron chi connectivity index (χ4n) is 2.53. The van der Waals surface area contributed by atoms with Gasteiger partial charge in [0.25, 0.3) is 0 Å². The molecule has 0 atom stereocenters. The summed E-state index contributed by atoms with van der Waals surface area (Å²) in [6.07, 6.45) is 0.869. The number of rotatable bonds is 3. The molecule has 0 fully saturated rings. The molecule has 3 aromatic rings. The van der Waals surface area contributed by atoms with E-state index in [1.165, 1.54) is 0 Å². The molecule has 20 heavy (non-hydrogen) atoms. The van der Waals surface area contributed by atoms with Crippen LogP contribution in [0, 0.1) is 0 Å². The first kappa shape index (κ1) is 12.4. The monoisotopic (exact) mass is 262 g/mol. The minimum Gasteiger partial charge on any atom is -0.495 e. The van der Waals surface area contributed by atoms with Gasteiger partial charge in [0.1, 0.15) is 5.75 Å².